The first kappa shape index (κ1) is 15.7. The molecule has 2 heterocycles. The minimum atomic E-state index is -2.71. The van der Waals surface area contributed by atoms with E-state index in [1.807, 2.05) is 0 Å². The van der Waals surface area contributed by atoms with Crippen LogP contribution in [0.4, 0.5) is 19.1 Å². The van der Waals surface area contributed by atoms with Crippen LogP contribution in [0.1, 0.15) is 25.0 Å². The van der Waals surface area contributed by atoms with E-state index in [4.69, 9.17) is 4.74 Å². The summed E-state index contributed by atoms with van der Waals surface area (Å²) in [7, 11) is 0. The van der Waals surface area contributed by atoms with Crippen LogP contribution in [0.25, 0.3) is 11.3 Å². The van der Waals surface area contributed by atoms with Crippen molar-refractivity contribution in [3.63, 3.8) is 0 Å². The van der Waals surface area contributed by atoms with Crippen molar-refractivity contribution in [3.05, 3.63) is 41.8 Å². The van der Waals surface area contributed by atoms with E-state index in [2.05, 4.69) is 15.3 Å². The average molecular weight is 323 g/mol. The molecule has 1 N–H and O–H groups in total. The number of hydrogen-bond donors (Lipinski definition) is 1. The summed E-state index contributed by atoms with van der Waals surface area (Å²) >= 11 is 0. The van der Waals surface area contributed by atoms with E-state index in [9.17, 15) is 13.2 Å². The zero-order chi connectivity index (χ0) is 16.2. The van der Waals surface area contributed by atoms with E-state index >= 15 is 0 Å². The Morgan fingerprint density at radius 2 is 2.00 bits per heavy atom. The van der Waals surface area contributed by atoms with Gasteiger partial charge in [0.05, 0.1) is 11.8 Å². The summed E-state index contributed by atoms with van der Waals surface area (Å²) in [5.74, 6) is -0.272. The van der Waals surface area contributed by atoms with Crippen molar-refractivity contribution in [1.29, 1.82) is 0 Å². The first-order chi connectivity index (χ1) is 11.1. The molecule has 1 atom stereocenters. The highest BCUT2D eigenvalue weighted by Crippen LogP contribution is 2.25. The second-order valence-corrected chi connectivity index (χ2v) is 5.33. The van der Waals surface area contributed by atoms with Gasteiger partial charge in [-0.3, -0.25) is 0 Å². The molecular weight excluding hydrogens is 307 g/mol. The molecule has 1 fully saturated rings. The van der Waals surface area contributed by atoms with Crippen LogP contribution in [0.2, 0.25) is 0 Å². The largest absolute Gasteiger partial charge is 0.376 e. The number of nitrogens with one attached hydrogen (secondary N) is 1. The van der Waals surface area contributed by atoms with Crippen molar-refractivity contribution in [3.8, 4) is 11.3 Å². The first-order valence-electron chi connectivity index (χ1n) is 7.40. The van der Waals surface area contributed by atoms with Crippen LogP contribution in [0, 0.1) is 5.82 Å². The molecule has 4 nitrogen and oxygen atoms in total. The van der Waals surface area contributed by atoms with Gasteiger partial charge >= 0.3 is 0 Å². The molecule has 122 valence electrons. The highest BCUT2D eigenvalue weighted by atomic mass is 19.3. The number of aromatic nitrogens is 2. The second kappa shape index (κ2) is 6.95. The van der Waals surface area contributed by atoms with Crippen LogP contribution in [-0.2, 0) is 4.74 Å². The summed E-state index contributed by atoms with van der Waals surface area (Å²) in [6.45, 7) is 1.18. The zero-order valence-electron chi connectivity index (χ0n) is 12.3. The highest BCUT2D eigenvalue weighted by molar-refractivity contribution is 5.60. The molecule has 0 aliphatic carbocycles. The lowest BCUT2D eigenvalue weighted by molar-refractivity contribution is 0.120. The maximum atomic E-state index is 13.0. The second-order valence-electron chi connectivity index (χ2n) is 5.33. The molecule has 0 amide bonds. The Kier molecular flexibility index (Phi) is 4.76. The predicted molar refractivity (Wildman–Crippen MR) is 79.8 cm³/mol. The number of rotatable bonds is 5. The van der Waals surface area contributed by atoms with E-state index in [-0.39, 0.29) is 17.7 Å². The summed E-state index contributed by atoms with van der Waals surface area (Å²) in [5.41, 5.74) is 0.509. The molecular formula is C16H16F3N3O. The van der Waals surface area contributed by atoms with Gasteiger partial charge in [0.2, 0.25) is 5.95 Å². The van der Waals surface area contributed by atoms with E-state index in [0.717, 1.165) is 12.8 Å². The normalized spacial score (nSPS) is 17.7. The van der Waals surface area contributed by atoms with Crippen molar-refractivity contribution < 1.29 is 17.9 Å². The molecule has 0 spiro atoms. The van der Waals surface area contributed by atoms with E-state index < -0.39 is 12.2 Å². The van der Waals surface area contributed by atoms with Gasteiger partial charge in [0.1, 0.15) is 11.5 Å². The average Bonchev–Trinajstić information content (AvgIpc) is 3.07. The fraction of sp³-hybridized carbons (Fsp3) is 0.375. The number of ether oxygens (including phenoxy) is 1. The molecule has 0 radical (unpaired) electrons. The molecule has 23 heavy (non-hydrogen) atoms. The molecule has 1 aliphatic heterocycles. The molecule has 0 saturated carbocycles. The van der Waals surface area contributed by atoms with Gasteiger partial charge in [-0.25, -0.2) is 23.1 Å². The third-order valence-electron chi connectivity index (χ3n) is 3.62. The van der Waals surface area contributed by atoms with Gasteiger partial charge in [-0.1, -0.05) is 0 Å². The SMILES string of the molecule is Fc1ccc(-c2cc(C(F)F)nc(NC[C@@H]3CCCO3)n2)cc1. The number of nitrogens with zero attached hydrogens (tertiary/aromatic N) is 2. The van der Waals surface area contributed by atoms with Gasteiger partial charge in [-0.05, 0) is 43.2 Å². The lowest BCUT2D eigenvalue weighted by Crippen LogP contribution is -2.20. The number of hydrogen-bond acceptors (Lipinski definition) is 4. The first-order valence-corrected chi connectivity index (χ1v) is 7.40. The molecule has 0 unspecified atom stereocenters. The fourth-order valence-electron chi connectivity index (χ4n) is 2.44. The smallest absolute Gasteiger partial charge is 0.280 e. The monoisotopic (exact) mass is 323 g/mol. The molecule has 1 saturated heterocycles. The van der Waals surface area contributed by atoms with E-state index in [0.29, 0.717) is 24.4 Å². The van der Waals surface area contributed by atoms with Gasteiger partial charge in [0.15, 0.2) is 0 Å². The van der Waals surface area contributed by atoms with Crippen molar-refractivity contribution in [1.82, 2.24) is 9.97 Å². The van der Waals surface area contributed by atoms with Crippen molar-refractivity contribution in [2.75, 3.05) is 18.5 Å². The highest BCUT2D eigenvalue weighted by Gasteiger charge is 2.17. The van der Waals surface area contributed by atoms with E-state index in [1.54, 1.807) is 0 Å². The molecule has 1 aromatic carbocycles. The molecule has 0 bridgehead atoms. The van der Waals surface area contributed by atoms with Crippen molar-refractivity contribution in [2.24, 2.45) is 0 Å². The summed E-state index contributed by atoms with van der Waals surface area (Å²) in [6.07, 6.45) is -0.749. The molecule has 1 aliphatic rings. The maximum Gasteiger partial charge on any atom is 0.280 e. The Morgan fingerprint density at radius 3 is 2.65 bits per heavy atom. The summed E-state index contributed by atoms with van der Waals surface area (Å²) in [5, 5.41) is 2.95. The Morgan fingerprint density at radius 1 is 1.22 bits per heavy atom. The molecule has 2 aromatic rings. The van der Waals surface area contributed by atoms with Gasteiger partial charge in [-0.15, -0.1) is 0 Å². The number of benzene rings is 1. The van der Waals surface area contributed by atoms with E-state index in [1.165, 1.54) is 30.3 Å². The predicted octanol–water partition coefficient (Wildman–Crippen LogP) is 3.81. The zero-order valence-corrected chi connectivity index (χ0v) is 12.3. The Balaban J connectivity index is 1.84. The van der Waals surface area contributed by atoms with Gasteiger partial charge in [-0.2, -0.15) is 0 Å². The van der Waals surface area contributed by atoms with Crippen molar-refractivity contribution in [2.45, 2.75) is 25.4 Å². The lowest BCUT2D eigenvalue weighted by atomic mass is 10.1. The van der Waals surface area contributed by atoms with Crippen molar-refractivity contribution >= 4 is 5.95 Å². The number of anilines is 1. The van der Waals surface area contributed by atoms with Crippen LogP contribution in [0.5, 0.6) is 0 Å². The molecule has 7 heteroatoms. The van der Waals surface area contributed by atoms with Crippen LogP contribution in [0.3, 0.4) is 0 Å². The quantitative estimate of drug-likeness (QED) is 0.909. The summed E-state index contributed by atoms with van der Waals surface area (Å²) < 4.78 is 44.6. The Bertz CT molecular complexity index is 658. The van der Waals surface area contributed by atoms with Crippen LogP contribution < -0.4 is 5.32 Å². The lowest BCUT2D eigenvalue weighted by Gasteiger charge is -2.13. The maximum absolute atomic E-state index is 13.0. The van der Waals surface area contributed by atoms with Gasteiger partial charge in [0, 0.05) is 18.7 Å². The summed E-state index contributed by atoms with van der Waals surface area (Å²) in [6, 6.07) is 6.74. The molecule has 1 aromatic heterocycles. The third-order valence-corrected chi connectivity index (χ3v) is 3.62. The van der Waals surface area contributed by atoms with Crippen LogP contribution in [-0.4, -0.2) is 29.2 Å². The van der Waals surface area contributed by atoms with Crippen LogP contribution >= 0.6 is 0 Å². The Hall–Kier alpha value is -2.15. The van der Waals surface area contributed by atoms with Crippen LogP contribution in [0.15, 0.2) is 30.3 Å². The standard InChI is InChI=1S/C16H16F3N3O/c17-11-5-3-10(4-6-11)13-8-14(15(18)19)22-16(21-13)20-9-12-2-1-7-23-12/h3-6,8,12,15H,1-2,7,9H2,(H,20,21,22)/t12-/m0/s1. The number of alkyl halides is 2. The van der Waals surface area contributed by atoms with Gasteiger partial charge < -0.3 is 10.1 Å². The topological polar surface area (TPSA) is 47.0 Å². The minimum Gasteiger partial charge on any atom is -0.376 e. The minimum absolute atomic E-state index is 0.0445. The fourth-order valence-corrected chi connectivity index (χ4v) is 2.44. The summed E-state index contributed by atoms with van der Waals surface area (Å²) in [4.78, 5) is 8.08. The third kappa shape index (κ3) is 3.98. The Labute approximate surface area is 131 Å². The number of halogens is 3. The van der Waals surface area contributed by atoms with Gasteiger partial charge in [0.25, 0.3) is 6.43 Å². The molecule has 3 rings (SSSR count).